The van der Waals surface area contributed by atoms with Gasteiger partial charge in [-0.15, -0.1) is 11.3 Å². The molecule has 148 valence electrons. The molecule has 3 rings (SSSR count). The maximum Gasteiger partial charge on any atom is 0.422 e. The molecule has 0 amide bonds. The van der Waals surface area contributed by atoms with Gasteiger partial charge < -0.3 is 14.2 Å². The number of carbonyl (C=O) groups is 1. The topological polar surface area (TPSA) is 70.5 Å². The minimum Gasteiger partial charge on any atom is -0.480 e. The summed E-state index contributed by atoms with van der Waals surface area (Å²) in [7, 11) is 0. The normalized spacial score (nSPS) is 11.5. The number of esters is 1. The van der Waals surface area contributed by atoms with Gasteiger partial charge in [0.25, 0.3) is 0 Å². The van der Waals surface area contributed by atoms with Gasteiger partial charge in [-0.1, -0.05) is 12.1 Å². The SMILES string of the molecule is CCOC(=O)c1sc2ncnc(Oc3ccccc3OCC(F)(F)F)c2c1C. The zero-order valence-corrected chi connectivity index (χ0v) is 15.7. The molecule has 0 aliphatic heterocycles. The number of halogens is 3. The summed E-state index contributed by atoms with van der Waals surface area (Å²) in [6, 6.07) is 5.96. The van der Waals surface area contributed by atoms with Crippen LogP contribution < -0.4 is 9.47 Å². The molecule has 0 N–H and O–H groups in total. The highest BCUT2D eigenvalue weighted by Gasteiger charge is 2.29. The molecule has 0 fully saturated rings. The first-order valence-electron chi connectivity index (χ1n) is 8.17. The highest BCUT2D eigenvalue weighted by atomic mass is 32.1. The zero-order chi connectivity index (χ0) is 20.3. The van der Waals surface area contributed by atoms with Crippen molar-refractivity contribution < 1.29 is 32.2 Å². The van der Waals surface area contributed by atoms with Crippen molar-refractivity contribution in [3.05, 3.63) is 41.0 Å². The summed E-state index contributed by atoms with van der Waals surface area (Å²) in [6.07, 6.45) is -3.23. The number of hydrogen-bond acceptors (Lipinski definition) is 7. The van der Waals surface area contributed by atoms with E-state index in [1.54, 1.807) is 19.9 Å². The molecule has 10 heteroatoms. The molecule has 0 bridgehead atoms. The number of aryl methyl sites for hydroxylation is 1. The molecule has 0 atom stereocenters. The first kappa shape index (κ1) is 19.9. The van der Waals surface area contributed by atoms with Crippen molar-refractivity contribution >= 4 is 27.5 Å². The molecule has 3 aromatic rings. The first-order valence-corrected chi connectivity index (χ1v) is 8.99. The number of para-hydroxylation sites is 2. The van der Waals surface area contributed by atoms with Crippen LogP contribution in [0.5, 0.6) is 17.4 Å². The minimum atomic E-state index is -4.48. The van der Waals surface area contributed by atoms with Gasteiger partial charge in [-0.05, 0) is 31.5 Å². The molecule has 0 unspecified atom stereocenters. The highest BCUT2D eigenvalue weighted by Crippen LogP contribution is 2.39. The summed E-state index contributed by atoms with van der Waals surface area (Å²) in [6.45, 7) is 2.18. The smallest absolute Gasteiger partial charge is 0.422 e. The molecule has 6 nitrogen and oxygen atoms in total. The Morgan fingerprint density at radius 3 is 2.57 bits per heavy atom. The van der Waals surface area contributed by atoms with Crippen molar-refractivity contribution in [2.24, 2.45) is 0 Å². The second-order valence-corrected chi connectivity index (χ2v) is 6.59. The van der Waals surface area contributed by atoms with E-state index in [9.17, 15) is 18.0 Å². The van der Waals surface area contributed by atoms with Crippen LogP contribution in [0.15, 0.2) is 30.6 Å². The fourth-order valence-corrected chi connectivity index (χ4v) is 3.46. The summed E-state index contributed by atoms with van der Waals surface area (Å²) in [5, 5.41) is 0.487. The monoisotopic (exact) mass is 412 g/mol. The third kappa shape index (κ3) is 4.33. The van der Waals surface area contributed by atoms with Crippen molar-refractivity contribution in [1.29, 1.82) is 0 Å². The quantitative estimate of drug-likeness (QED) is 0.536. The van der Waals surface area contributed by atoms with E-state index in [2.05, 4.69) is 9.97 Å². The summed E-state index contributed by atoms with van der Waals surface area (Å²) < 4.78 is 53.0. The Labute approximate surface area is 161 Å². The number of nitrogens with zero attached hydrogens (tertiary/aromatic N) is 2. The van der Waals surface area contributed by atoms with Crippen LogP contribution in [-0.4, -0.2) is 35.3 Å². The number of hydrogen-bond donors (Lipinski definition) is 0. The number of fused-ring (bicyclic) bond motifs is 1. The molecule has 0 radical (unpaired) electrons. The van der Waals surface area contributed by atoms with Gasteiger partial charge in [0.1, 0.15) is 16.0 Å². The molecule has 0 aliphatic rings. The predicted molar refractivity (Wildman–Crippen MR) is 96.2 cm³/mol. The van der Waals surface area contributed by atoms with Crippen molar-refractivity contribution in [3.8, 4) is 17.4 Å². The Bertz CT molecular complexity index is 1000. The van der Waals surface area contributed by atoms with Crippen molar-refractivity contribution in [3.63, 3.8) is 0 Å². The molecule has 2 aromatic heterocycles. The number of aromatic nitrogens is 2. The maximum absolute atomic E-state index is 12.5. The minimum absolute atomic E-state index is 0.0648. The van der Waals surface area contributed by atoms with E-state index in [0.29, 0.717) is 20.7 Å². The molecular formula is C18H15F3N2O4S. The molecule has 1 aromatic carbocycles. The number of alkyl halides is 3. The van der Waals surface area contributed by atoms with Gasteiger partial charge in [0.2, 0.25) is 5.88 Å². The Morgan fingerprint density at radius 2 is 1.89 bits per heavy atom. The number of thiophene rings is 1. The van der Waals surface area contributed by atoms with Crippen molar-refractivity contribution in [2.75, 3.05) is 13.2 Å². The van der Waals surface area contributed by atoms with Gasteiger partial charge in [-0.25, -0.2) is 14.8 Å². The Balaban J connectivity index is 1.97. The lowest BCUT2D eigenvalue weighted by atomic mass is 10.2. The molecule has 0 saturated heterocycles. The van der Waals surface area contributed by atoms with E-state index in [4.69, 9.17) is 14.2 Å². The Hall–Kier alpha value is -2.88. The highest BCUT2D eigenvalue weighted by molar-refractivity contribution is 7.20. The van der Waals surface area contributed by atoms with Gasteiger partial charge in [-0.3, -0.25) is 0 Å². The zero-order valence-electron chi connectivity index (χ0n) is 14.9. The Kier molecular flexibility index (Phi) is 5.68. The number of benzene rings is 1. The van der Waals surface area contributed by atoms with E-state index >= 15 is 0 Å². The van der Waals surface area contributed by atoms with Gasteiger partial charge in [-0.2, -0.15) is 13.2 Å². The summed E-state index contributed by atoms with van der Waals surface area (Å²) in [5.41, 5.74) is 0.572. The van der Waals surface area contributed by atoms with Crippen molar-refractivity contribution in [2.45, 2.75) is 20.0 Å². The van der Waals surface area contributed by atoms with Crippen molar-refractivity contribution in [1.82, 2.24) is 9.97 Å². The van der Waals surface area contributed by atoms with E-state index in [1.807, 2.05) is 0 Å². The van der Waals surface area contributed by atoms with Crippen LogP contribution in [0, 0.1) is 6.92 Å². The standard InChI is InChI=1S/C18H15F3N2O4S/c1-3-25-17(24)14-10(2)13-15(22-9-23-16(13)28-14)27-12-7-5-4-6-11(12)26-8-18(19,20)21/h4-7,9H,3,8H2,1-2H3. The number of ether oxygens (including phenoxy) is 3. The average Bonchev–Trinajstić information content (AvgIpc) is 2.98. The van der Waals surface area contributed by atoms with Crippen LogP contribution >= 0.6 is 11.3 Å². The van der Waals surface area contributed by atoms with E-state index < -0.39 is 18.8 Å². The van der Waals surface area contributed by atoms with Gasteiger partial charge in [0.05, 0.1) is 12.0 Å². The number of rotatable bonds is 6. The largest absolute Gasteiger partial charge is 0.480 e. The van der Waals surface area contributed by atoms with Crippen LogP contribution in [-0.2, 0) is 4.74 Å². The molecule has 0 spiro atoms. The van der Waals surface area contributed by atoms with E-state index in [0.717, 1.165) is 11.3 Å². The third-order valence-electron chi connectivity index (χ3n) is 3.60. The summed E-state index contributed by atoms with van der Waals surface area (Å²) in [5.74, 6) is -0.389. The van der Waals surface area contributed by atoms with Crippen LogP contribution in [0.4, 0.5) is 13.2 Å². The lowest BCUT2D eigenvalue weighted by Crippen LogP contribution is -2.19. The van der Waals surface area contributed by atoms with Gasteiger partial charge in [0.15, 0.2) is 18.1 Å². The molecule has 0 aliphatic carbocycles. The van der Waals surface area contributed by atoms with Crippen LogP contribution in [0.25, 0.3) is 10.2 Å². The molecule has 28 heavy (non-hydrogen) atoms. The van der Waals surface area contributed by atoms with Gasteiger partial charge in [0, 0.05) is 0 Å². The van der Waals surface area contributed by atoms with E-state index in [1.165, 1.54) is 24.5 Å². The van der Waals surface area contributed by atoms with E-state index in [-0.39, 0.29) is 24.0 Å². The third-order valence-corrected chi connectivity index (χ3v) is 4.78. The second kappa shape index (κ2) is 8.01. The predicted octanol–water partition coefficient (Wildman–Crippen LogP) is 4.91. The van der Waals surface area contributed by atoms with Crippen LogP contribution in [0.1, 0.15) is 22.2 Å². The lowest BCUT2D eigenvalue weighted by molar-refractivity contribution is -0.153. The lowest BCUT2D eigenvalue weighted by Gasteiger charge is -2.13. The van der Waals surface area contributed by atoms with Gasteiger partial charge >= 0.3 is 12.1 Å². The second-order valence-electron chi connectivity index (χ2n) is 5.59. The number of carbonyl (C=O) groups excluding carboxylic acids is 1. The first-order chi connectivity index (χ1) is 13.3. The molecular weight excluding hydrogens is 397 g/mol. The molecule has 2 heterocycles. The summed E-state index contributed by atoms with van der Waals surface area (Å²) in [4.78, 5) is 21.2. The fourth-order valence-electron chi connectivity index (χ4n) is 2.43. The maximum atomic E-state index is 12.5. The molecule has 0 saturated carbocycles. The van der Waals surface area contributed by atoms with Crippen LogP contribution in [0.3, 0.4) is 0 Å². The van der Waals surface area contributed by atoms with Crippen LogP contribution in [0.2, 0.25) is 0 Å². The summed E-state index contributed by atoms with van der Waals surface area (Å²) >= 11 is 1.13. The fraction of sp³-hybridized carbons (Fsp3) is 0.278. The average molecular weight is 412 g/mol. The Morgan fingerprint density at radius 1 is 1.18 bits per heavy atom.